The van der Waals surface area contributed by atoms with Crippen molar-refractivity contribution in [2.45, 2.75) is 51.2 Å². The minimum atomic E-state index is -0.0191. The molecule has 2 nitrogen and oxygen atoms in total. The molecule has 0 heterocycles. The van der Waals surface area contributed by atoms with Crippen LogP contribution in [-0.4, -0.2) is 19.8 Å². The molecule has 0 radical (unpaired) electrons. The predicted molar refractivity (Wildman–Crippen MR) is 75.9 cm³/mol. The lowest BCUT2D eigenvalue weighted by molar-refractivity contribution is -0.0350. The van der Waals surface area contributed by atoms with Crippen LogP contribution in [0.1, 0.15) is 48.4 Å². The summed E-state index contributed by atoms with van der Waals surface area (Å²) in [4.78, 5) is 0. The zero-order chi connectivity index (χ0) is 13.2. The van der Waals surface area contributed by atoms with Crippen LogP contribution in [-0.2, 0) is 4.74 Å². The minimum absolute atomic E-state index is 0.0191. The molecule has 1 aromatic rings. The maximum Gasteiger partial charge on any atom is 0.0872 e. The highest BCUT2D eigenvalue weighted by atomic mass is 16.5. The van der Waals surface area contributed by atoms with Crippen LogP contribution in [0.15, 0.2) is 18.2 Å². The maximum absolute atomic E-state index is 5.93. The molecule has 0 aromatic heterocycles. The first-order valence-corrected chi connectivity index (χ1v) is 6.92. The molecule has 1 aliphatic carbocycles. The molecular formula is C16H25NO. The number of nitrogens with one attached hydrogen (secondary N) is 1. The Morgan fingerprint density at radius 3 is 2.39 bits per heavy atom. The molecule has 18 heavy (non-hydrogen) atoms. The van der Waals surface area contributed by atoms with Gasteiger partial charge in [0.25, 0.3) is 0 Å². The van der Waals surface area contributed by atoms with Crippen LogP contribution in [0.3, 0.4) is 0 Å². The summed E-state index contributed by atoms with van der Waals surface area (Å²) in [5, 5.41) is 3.49. The molecule has 0 spiro atoms. The monoisotopic (exact) mass is 247 g/mol. The molecule has 1 fully saturated rings. The first kappa shape index (κ1) is 13.6. The molecule has 0 aliphatic heterocycles. The predicted octanol–water partition coefficient (Wildman–Crippen LogP) is 3.52. The van der Waals surface area contributed by atoms with Gasteiger partial charge in [0, 0.05) is 7.11 Å². The second kappa shape index (κ2) is 5.41. The Labute approximate surface area is 111 Å². The molecule has 1 atom stereocenters. The summed E-state index contributed by atoms with van der Waals surface area (Å²) in [5.74, 6) is 0. The highest BCUT2D eigenvalue weighted by Crippen LogP contribution is 2.43. The number of benzene rings is 1. The van der Waals surface area contributed by atoms with Gasteiger partial charge in [0.15, 0.2) is 0 Å². The summed E-state index contributed by atoms with van der Waals surface area (Å²) in [5.41, 5.74) is 4.04. The third kappa shape index (κ3) is 2.32. The van der Waals surface area contributed by atoms with Gasteiger partial charge < -0.3 is 10.1 Å². The summed E-state index contributed by atoms with van der Waals surface area (Å²) in [6.45, 7) is 4.35. The van der Waals surface area contributed by atoms with Crippen LogP contribution in [0.2, 0.25) is 0 Å². The fourth-order valence-electron chi connectivity index (χ4n) is 3.44. The van der Waals surface area contributed by atoms with Gasteiger partial charge in [0.2, 0.25) is 0 Å². The van der Waals surface area contributed by atoms with E-state index >= 15 is 0 Å². The lowest BCUT2D eigenvalue weighted by Gasteiger charge is -2.37. The third-order valence-electron chi connectivity index (χ3n) is 4.41. The highest BCUT2D eigenvalue weighted by molar-refractivity contribution is 5.34. The number of ether oxygens (including phenoxy) is 1. The van der Waals surface area contributed by atoms with Gasteiger partial charge in [-0.3, -0.25) is 0 Å². The molecule has 100 valence electrons. The van der Waals surface area contributed by atoms with Crippen molar-refractivity contribution in [1.82, 2.24) is 5.32 Å². The van der Waals surface area contributed by atoms with Crippen molar-refractivity contribution in [2.24, 2.45) is 0 Å². The fraction of sp³-hybridized carbons (Fsp3) is 0.625. The second-order valence-corrected chi connectivity index (χ2v) is 5.56. The van der Waals surface area contributed by atoms with E-state index in [0.717, 1.165) is 12.8 Å². The van der Waals surface area contributed by atoms with Crippen molar-refractivity contribution in [2.75, 3.05) is 14.2 Å². The van der Waals surface area contributed by atoms with Crippen molar-refractivity contribution in [1.29, 1.82) is 0 Å². The Balaban J connectivity index is 2.38. The van der Waals surface area contributed by atoms with Crippen LogP contribution in [0, 0.1) is 13.8 Å². The molecule has 0 amide bonds. The van der Waals surface area contributed by atoms with Gasteiger partial charge in [-0.2, -0.15) is 0 Å². The SMILES string of the molecule is CNC(c1ccc(C)cc1C)C1(OC)CCCC1. The van der Waals surface area contributed by atoms with Crippen LogP contribution in [0.25, 0.3) is 0 Å². The molecule has 1 N–H and O–H groups in total. The summed E-state index contributed by atoms with van der Waals surface area (Å²) < 4.78 is 5.93. The molecule has 1 saturated carbocycles. The molecule has 2 rings (SSSR count). The van der Waals surface area contributed by atoms with Gasteiger partial charge in [-0.25, -0.2) is 0 Å². The Kier molecular flexibility index (Phi) is 4.08. The van der Waals surface area contributed by atoms with Crippen LogP contribution < -0.4 is 5.32 Å². The van der Waals surface area contributed by atoms with E-state index in [1.54, 1.807) is 0 Å². The number of rotatable bonds is 4. The van der Waals surface area contributed by atoms with Gasteiger partial charge in [-0.15, -0.1) is 0 Å². The van der Waals surface area contributed by atoms with E-state index in [4.69, 9.17) is 4.74 Å². The number of methoxy groups -OCH3 is 1. The molecule has 1 aliphatic rings. The fourth-order valence-corrected chi connectivity index (χ4v) is 3.44. The van der Waals surface area contributed by atoms with Gasteiger partial charge in [0.1, 0.15) is 0 Å². The van der Waals surface area contributed by atoms with Gasteiger partial charge >= 0.3 is 0 Å². The standard InChI is InChI=1S/C16H25NO/c1-12-7-8-14(13(2)11-12)15(17-3)16(18-4)9-5-6-10-16/h7-8,11,15,17H,5-6,9-10H2,1-4H3. The Bertz CT molecular complexity index is 408. The molecule has 1 aromatic carbocycles. The van der Waals surface area contributed by atoms with Crippen molar-refractivity contribution in [3.8, 4) is 0 Å². The average molecular weight is 247 g/mol. The van der Waals surface area contributed by atoms with E-state index in [1.165, 1.54) is 29.5 Å². The van der Waals surface area contributed by atoms with E-state index in [1.807, 2.05) is 14.2 Å². The lowest BCUT2D eigenvalue weighted by Crippen LogP contribution is -2.42. The highest BCUT2D eigenvalue weighted by Gasteiger charge is 2.42. The smallest absolute Gasteiger partial charge is 0.0872 e. The zero-order valence-corrected chi connectivity index (χ0v) is 12.0. The van der Waals surface area contributed by atoms with Crippen LogP contribution in [0.4, 0.5) is 0 Å². The molecule has 0 bridgehead atoms. The maximum atomic E-state index is 5.93. The van der Waals surface area contributed by atoms with Gasteiger partial charge in [-0.1, -0.05) is 36.6 Å². The topological polar surface area (TPSA) is 21.3 Å². The first-order valence-electron chi connectivity index (χ1n) is 6.92. The Morgan fingerprint density at radius 1 is 1.22 bits per heavy atom. The van der Waals surface area contributed by atoms with Crippen molar-refractivity contribution >= 4 is 0 Å². The molecule has 0 saturated heterocycles. The molecular weight excluding hydrogens is 222 g/mol. The van der Waals surface area contributed by atoms with E-state index in [0.29, 0.717) is 6.04 Å². The summed E-state index contributed by atoms with van der Waals surface area (Å²) in [6.07, 6.45) is 4.86. The number of likely N-dealkylation sites (N-methyl/N-ethyl adjacent to an activating group) is 1. The summed E-state index contributed by atoms with van der Waals surface area (Å²) >= 11 is 0. The number of aryl methyl sites for hydroxylation is 2. The average Bonchev–Trinajstić information content (AvgIpc) is 2.83. The zero-order valence-electron chi connectivity index (χ0n) is 12.0. The van der Waals surface area contributed by atoms with Crippen molar-refractivity contribution in [3.05, 3.63) is 34.9 Å². The van der Waals surface area contributed by atoms with Gasteiger partial charge in [-0.05, 0) is 44.9 Å². The van der Waals surface area contributed by atoms with E-state index < -0.39 is 0 Å². The molecule has 2 heteroatoms. The van der Waals surface area contributed by atoms with E-state index in [9.17, 15) is 0 Å². The minimum Gasteiger partial charge on any atom is -0.376 e. The normalized spacial score (nSPS) is 20.0. The quantitative estimate of drug-likeness (QED) is 0.879. The van der Waals surface area contributed by atoms with E-state index in [-0.39, 0.29) is 5.60 Å². The van der Waals surface area contributed by atoms with Crippen molar-refractivity contribution in [3.63, 3.8) is 0 Å². The Hall–Kier alpha value is -0.860. The van der Waals surface area contributed by atoms with E-state index in [2.05, 4.69) is 37.4 Å². The largest absolute Gasteiger partial charge is 0.376 e. The number of hydrogen-bond acceptors (Lipinski definition) is 2. The molecule has 1 unspecified atom stereocenters. The Morgan fingerprint density at radius 2 is 1.89 bits per heavy atom. The van der Waals surface area contributed by atoms with Crippen LogP contribution in [0.5, 0.6) is 0 Å². The first-order chi connectivity index (χ1) is 8.63. The van der Waals surface area contributed by atoms with Gasteiger partial charge in [0.05, 0.1) is 11.6 Å². The van der Waals surface area contributed by atoms with Crippen molar-refractivity contribution < 1.29 is 4.74 Å². The second-order valence-electron chi connectivity index (χ2n) is 5.56. The lowest BCUT2D eigenvalue weighted by atomic mass is 9.84. The number of hydrogen-bond donors (Lipinski definition) is 1. The third-order valence-corrected chi connectivity index (χ3v) is 4.41. The summed E-state index contributed by atoms with van der Waals surface area (Å²) in [6, 6.07) is 7.01. The summed E-state index contributed by atoms with van der Waals surface area (Å²) in [7, 11) is 3.90. The van der Waals surface area contributed by atoms with Crippen LogP contribution >= 0.6 is 0 Å².